The minimum atomic E-state index is -1.17. The molecule has 6 aliphatic rings. The number of amides is 11. The zero-order chi connectivity index (χ0) is 72.4. The molecule has 27 heteroatoms. The molecule has 2 aromatic carbocycles. The number of nitrogens with two attached hydrogens (primary N) is 1. The Morgan fingerprint density at radius 3 is 1.20 bits per heavy atom. The molecule has 540 valence electrons. The molecule has 9 N–H and O–H groups in total. The third-order valence-corrected chi connectivity index (χ3v) is 19.8. The molecule has 2 heterocycles. The number of ether oxygens (including phenoxy) is 1. The van der Waals surface area contributed by atoms with Crippen molar-refractivity contribution >= 4 is 89.1 Å². The summed E-state index contributed by atoms with van der Waals surface area (Å²) in [5.74, 6) is -7.38. The van der Waals surface area contributed by atoms with E-state index in [2.05, 4.69) is 51.1 Å². The van der Waals surface area contributed by atoms with Gasteiger partial charge in [-0.25, -0.2) is 4.79 Å². The second-order valence-corrected chi connectivity index (χ2v) is 31.9. The van der Waals surface area contributed by atoms with Crippen LogP contribution >= 0.6 is 12.4 Å². The summed E-state index contributed by atoms with van der Waals surface area (Å²) in [6.07, 6.45) is 3.24. The number of nitrogens with zero attached hydrogens (tertiary/aromatic N) is 4. The average molecular weight is 1390 g/mol. The van der Waals surface area contributed by atoms with E-state index >= 15 is 0 Å². The molecule has 0 radical (unpaired) electrons. The van der Waals surface area contributed by atoms with Crippen LogP contribution in [0.5, 0.6) is 0 Å². The maximum Gasteiger partial charge on any atom is 0.408 e. The van der Waals surface area contributed by atoms with Gasteiger partial charge < -0.3 is 67.3 Å². The van der Waals surface area contributed by atoms with Gasteiger partial charge in [-0.1, -0.05) is 156 Å². The fraction of sp³-hybridized carbons (Fsp3) is 0.648. The van der Waals surface area contributed by atoms with Crippen LogP contribution in [0.4, 0.5) is 4.79 Å². The molecule has 6 fully saturated rings. The van der Waals surface area contributed by atoms with E-state index in [9.17, 15) is 62.3 Å². The van der Waals surface area contributed by atoms with Crippen LogP contribution in [0.3, 0.4) is 0 Å². The second-order valence-electron chi connectivity index (χ2n) is 31.9. The molecule has 0 spiro atoms. The number of Topliss-reactive ketones (excluding diaryl/α,β-unsaturated/α-hetero) is 2. The SMILES string of the molecule is CN(C)C(=O)[C@@H](NC(=O)CNC(=O)C(=O)C(CC1CC1)NC(=O)C1C2[C@H](CN1C(=O)C(N)C(C)(C)C)C2(C)C)c1ccccc1.CN(C)C(=O)[C@@H](NC(=O)CNC(=O)C(=O)C(CC1CC1)NC(=O)C1C2[C@H](CN1C(=O)C(NC(=O)OC(C)(C)C)C(C)(C)C)C2(C)C)c1ccccc1.Cl. The second kappa shape index (κ2) is 31.0. The molecule has 2 aromatic rings. The third kappa shape index (κ3) is 19.5. The Morgan fingerprint density at radius 2 is 0.888 bits per heavy atom. The number of benzene rings is 2. The van der Waals surface area contributed by atoms with E-state index in [1.54, 1.807) is 115 Å². The summed E-state index contributed by atoms with van der Waals surface area (Å²) < 4.78 is 5.43. The van der Waals surface area contributed by atoms with Crippen molar-refractivity contribution in [2.45, 2.75) is 182 Å². The number of alkyl carbamates (subject to hydrolysis) is 1. The number of rotatable bonds is 25. The lowest BCUT2D eigenvalue weighted by Crippen LogP contribution is -2.61. The Bertz CT molecular complexity index is 3340. The summed E-state index contributed by atoms with van der Waals surface area (Å²) in [7, 11) is 6.27. The number of hydrogen-bond acceptors (Lipinski definition) is 15. The monoisotopic (exact) mass is 1380 g/mol. The minimum Gasteiger partial charge on any atom is -0.444 e. The fourth-order valence-electron chi connectivity index (χ4n) is 13.4. The zero-order valence-corrected chi connectivity index (χ0v) is 60.7. The van der Waals surface area contributed by atoms with E-state index in [4.69, 9.17) is 10.5 Å². The number of hydrogen-bond donors (Lipinski definition) is 8. The summed E-state index contributed by atoms with van der Waals surface area (Å²) in [4.78, 5) is 178. The number of carbonyl (C=O) groups excluding carboxylic acids is 13. The highest BCUT2D eigenvalue weighted by atomic mass is 35.5. The van der Waals surface area contributed by atoms with E-state index in [0.717, 1.165) is 25.7 Å². The largest absolute Gasteiger partial charge is 0.444 e. The predicted molar refractivity (Wildman–Crippen MR) is 366 cm³/mol. The number of fused-ring (bicyclic) bond motifs is 2. The highest BCUT2D eigenvalue weighted by molar-refractivity contribution is 6.39. The number of halogens is 1. The first-order valence-corrected chi connectivity index (χ1v) is 33.7. The van der Waals surface area contributed by atoms with Gasteiger partial charge in [0.25, 0.3) is 11.8 Å². The quantitative estimate of drug-likeness (QED) is 0.0660. The Morgan fingerprint density at radius 1 is 0.531 bits per heavy atom. The van der Waals surface area contributed by atoms with Crippen molar-refractivity contribution in [2.75, 3.05) is 54.4 Å². The van der Waals surface area contributed by atoms with Crippen LogP contribution in [0.25, 0.3) is 0 Å². The van der Waals surface area contributed by atoms with E-state index in [1.165, 1.54) is 14.7 Å². The summed E-state index contributed by atoms with van der Waals surface area (Å²) in [6, 6.07) is 9.58. The van der Waals surface area contributed by atoms with E-state index < -0.39 is 137 Å². The Labute approximate surface area is 582 Å². The smallest absolute Gasteiger partial charge is 0.408 e. The number of likely N-dealkylation sites (tertiary alicyclic amines) is 2. The zero-order valence-electron chi connectivity index (χ0n) is 59.9. The average Bonchev–Trinajstić information content (AvgIpc) is 1.53. The van der Waals surface area contributed by atoms with Crippen molar-refractivity contribution in [1.29, 1.82) is 0 Å². The number of ketones is 2. The van der Waals surface area contributed by atoms with E-state index in [-0.39, 0.29) is 89.3 Å². The summed E-state index contributed by atoms with van der Waals surface area (Å²) in [6.45, 7) is 24.0. The van der Waals surface area contributed by atoms with Crippen LogP contribution in [0.1, 0.15) is 152 Å². The summed E-state index contributed by atoms with van der Waals surface area (Å²) >= 11 is 0. The van der Waals surface area contributed by atoms with Crippen molar-refractivity contribution in [3.8, 4) is 0 Å². The number of carbonyl (C=O) groups is 13. The van der Waals surface area contributed by atoms with Crippen molar-refractivity contribution in [3.63, 3.8) is 0 Å². The van der Waals surface area contributed by atoms with E-state index in [1.807, 2.05) is 55.4 Å². The lowest BCUT2D eigenvalue weighted by molar-refractivity contribution is -0.145. The van der Waals surface area contributed by atoms with E-state index in [0.29, 0.717) is 24.2 Å². The van der Waals surface area contributed by atoms with Crippen LogP contribution in [0.2, 0.25) is 0 Å². The van der Waals surface area contributed by atoms with Crippen molar-refractivity contribution in [2.24, 2.45) is 62.9 Å². The van der Waals surface area contributed by atoms with Crippen LogP contribution in [-0.4, -0.2) is 193 Å². The minimum absolute atomic E-state index is 0. The van der Waals surface area contributed by atoms with Crippen molar-refractivity contribution in [3.05, 3.63) is 71.8 Å². The highest BCUT2D eigenvalue weighted by Gasteiger charge is 2.71. The molecule has 4 aliphatic carbocycles. The lowest BCUT2D eigenvalue weighted by atomic mass is 9.85. The summed E-state index contributed by atoms with van der Waals surface area (Å²) in [5, 5.41) is 18.3. The predicted octanol–water partition coefficient (Wildman–Crippen LogP) is 3.51. The highest BCUT2D eigenvalue weighted by Crippen LogP contribution is 2.66. The molecule has 12 atom stereocenters. The van der Waals surface area contributed by atoms with Gasteiger partial charge in [0.1, 0.15) is 35.8 Å². The molecule has 11 amide bonds. The molecule has 8 unspecified atom stereocenters. The topological polar surface area (TPSA) is 354 Å². The molecule has 8 rings (SSSR count). The van der Waals surface area contributed by atoms with Crippen molar-refractivity contribution in [1.82, 2.24) is 56.8 Å². The Balaban J connectivity index is 0.000000309. The van der Waals surface area contributed by atoms with Gasteiger partial charge in [0.2, 0.25) is 58.8 Å². The lowest BCUT2D eigenvalue weighted by Gasteiger charge is -2.38. The van der Waals surface area contributed by atoms with Crippen molar-refractivity contribution < 1.29 is 67.1 Å². The molecule has 0 bridgehead atoms. The molecule has 26 nitrogen and oxygen atoms in total. The molecule has 4 saturated carbocycles. The van der Waals surface area contributed by atoms with Gasteiger partial charge in [0.05, 0.1) is 31.2 Å². The maximum atomic E-state index is 14.2. The van der Waals surface area contributed by atoms with Gasteiger partial charge in [-0.05, 0) is 102 Å². The first-order valence-electron chi connectivity index (χ1n) is 33.7. The molecular weight excluding hydrogens is 1280 g/mol. The molecule has 2 saturated heterocycles. The molecule has 98 heavy (non-hydrogen) atoms. The van der Waals surface area contributed by atoms with Gasteiger partial charge in [-0.3, -0.25) is 57.5 Å². The first-order chi connectivity index (χ1) is 45.0. The van der Waals surface area contributed by atoms with Crippen LogP contribution in [0.15, 0.2) is 60.7 Å². The van der Waals surface area contributed by atoms with Crippen LogP contribution in [-0.2, 0) is 62.3 Å². The standard InChI is InChI=1S/C38H56N6O8.C33H48N6O6.ClH/c1-36(2,3)30(42-35(51)52-37(4,5)6)34(50)44-20-23-26(38(23,7)8)28(44)31(47)40-24(18-21-16-17-21)29(46)32(48)39-19-25(45)41-27(33(49)43(9)10)22-14-12-11-13-15-22;1-32(2,3)27(34)31(45)39-17-20-23(33(20,4)5)25(39)28(42)36-21(15-18-13-14-18)26(41)29(43)35-16-22(40)37-24(30(44)38(6)7)19-11-9-8-10-12-19;/h11-15,21,23-24,26-28,30H,16-20H2,1-10H3,(H,39,48)(H,40,47)(H,41,45)(H,42,51);8-12,18,20-21,23-25,27H,13-17,34H2,1-7H3,(H,35,43)(H,36,42)(H,37,40);1H/t23-,24?,26?,27-,28?,30?;20-,21?,23?,24-,25?,27?;/m00./s1. The van der Waals surface area contributed by atoms with Gasteiger partial charge >= 0.3 is 6.09 Å². The first kappa shape index (κ1) is 79.0. The number of likely N-dealkylation sites (N-methyl/N-ethyl adjacent to an activating group) is 2. The molecular formula is C71H105ClN12O14. The number of piperidine rings is 2. The third-order valence-electron chi connectivity index (χ3n) is 19.8. The van der Waals surface area contributed by atoms with Crippen LogP contribution < -0.4 is 43.0 Å². The van der Waals surface area contributed by atoms with Gasteiger partial charge in [-0.2, -0.15) is 0 Å². The van der Waals surface area contributed by atoms with Gasteiger partial charge in [0, 0.05) is 41.3 Å². The summed E-state index contributed by atoms with van der Waals surface area (Å²) in [5.41, 5.74) is 5.03. The number of nitrogens with one attached hydrogen (secondary N) is 7. The normalized spacial score (nSPS) is 22.6. The molecule has 2 aliphatic heterocycles. The maximum absolute atomic E-state index is 14.2. The Kier molecular flexibility index (Phi) is 25.0. The van der Waals surface area contributed by atoms with Gasteiger partial charge in [-0.15, -0.1) is 12.4 Å². The molecule has 0 aromatic heterocycles. The van der Waals surface area contributed by atoms with Gasteiger partial charge in [0.15, 0.2) is 0 Å². The van der Waals surface area contributed by atoms with Crippen LogP contribution in [0, 0.1) is 57.2 Å². The fourth-order valence-corrected chi connectivity index (χ4v) is 13.4. The Hall–Kier alpha value is -8.00.